The second-order valence-electron chi connectivity index (χ2n) is 4.48. The van der Waals surface area contributed by atoms with E-state index in [-0.39, 0.29) is 0 Å². The first-order valence-corrected chi connectivity index (χ1v) is 6.91. The number of rotatable bonds is 5. The summed E-state index contributed by atoms with van der Waals surface area (Å²) in [5.41, 5.74) is 3.04. The zero-order valence-corrected chi connectivity index (χ0v) is 11.0. The third-order valence-electron chi connectivity index (χ3n) is 3.21. The minimum absolute atomic E-state index is 0.337. The van der Waals surface area contributed by atoms with Gasteiger partial charge in [0.15, 0.2) is 0 Å². The Kier molecular flexibility index (Phi) is 3.15. The summed E-state index contributed by atoms with van der Waals surface area (Å²) >= 11 is 1.54. The van der Waals surface area contributed by atoms with Crippen molar-refractivity contribution in [2.75, 3.05) is 12.4 Å². The summed E-state index contributed by atoms with van der Waals surface area (Å²) in [4.78, 5) is 0. The third kappa shape index (κ3) is 2.46. The second-order valence-corrected chi connectivity index (χ2v) is 5.31. The molecule has 1 saturated carbocycles. The predicted molar refractivity (Wildman–Crippen MR) is 72.0 cm³/mol. The molecule has 1 heterocycles. The Balaban J connectivity index is 1.80. The molecule has 0 aliphatic heterocycles. The molecule has 1 aromatic heterocycles. The number of ether oxygens (including phenoxy) is 1. The van der Waals surface area contributed by atoms with Crippen molar-refractivity contribution in [2.45, 2.75) is 18.9 Å². The smallest absolute Gasteiger partial charge is 0.205 e. The summed E-state index contributed by atoms with van der Waals surface area (Å²) in [6.45, 7) is 0. The molecule has 3 rings (SSSR count). The number of hydrogen-bond acceptors (Lipinski definition) is 5. The van der Waals surface area contributed by atoms with Gasteiger partial charge in [-0.3, -0.25) is 0 Å². The molecule has 0 amide bonds. The molecule has 0 bridgehead atoms. The first-order chi connectivity index (χ1) is 8.86. The second kappa shape index (κ2) is 4.94. The predicted octanol–water partition coefficient (Wildman–Crippen LogP) is 3.11. The SMILES string of the molecule is COc1ccc(C(Nc2nncs2)C2CC2)cc1. The van der Waals surface area contributed by atoms with Crippen LogP contribution in [0, 0.1) is 5.92 Å². The molecule has 0 radical (unpaired) electrons. The third-order valence-corrected chi connectivity index (χ3v) is 3.83. The van der Waals surface area contributed by atoms with Crippen LogP contribution in [0.3, 0.4) is 0 Å². The Bertz CT molecular complexity index is 493. The van der Waals surface area contributed by atoms with Gasteiger partial charge in [0.25, 0.3) is 0 Å². The molecule has 2 aromatic rings. The monoisotopic (exact) mass is 261 g/mol. The van der Waals surface area contributed by atoms with E-state index in [4.69, 9.17) is 4.74 Å². The molecule has 1 fully saturated rings. The van der Waals surface area contributed by atoms with E-state index in [2.05, 4.69) is 27.6 Å². The van der Waals surface area contributed by atoms with Crippen LogP contribution in [0.5, 0.6) is 5.75 Å². The van der Waals surface area contributed by atoms with Crippen LogP contribution in [-0.4, -0.2) is 17.3 Å². The highest BCUT2D eigenvalue weighted by Crippen LogP contribution is 2.43. The Hall–Kier alpha value is -1.62. The highest BCUT2D eigenvalue weighted by Gasteiger charge is 2.32. The topological polar surface area (TPSA) is 47.0 Å². The van der Waals surface area contributed by atoms with E-state index in [0.717, 1.165) is 10.9 Å². The van der Waals surface area contributed by atoms with Crippen molar-refractivity contribution >= 4 is 16.5 Å². The van der Waals surface area contributed by atoms with Gasteiger partial charge in [-0.25, -0.2) is 0 Å². The molecular weight excluding hydrogens is 246 g/mol. The first-order valence-electron chi connectivity index (χ1n) is 6.03. The lowest BCUT2D eigenvalue weighted by Gasteiger charge is -2.18. The van der Waals surface area contributed by atoms with E-state index in [1.165, 1.54) is 18.4 Å². The van der Waals surface area contributed by atoms with Crippen LogP contribution in [0.25, 0.3) is 0 Å². The number of benzene rings is 1. The number of nitrogens with one attached hydrogen (secondary N) is 1. The zero-order chi connectivity index (χ0) is 12.4. The lowest BCUT2D eigenvalue weighted by Crippen LogP contribution is -2.12. The van der Waals surface area contributed by atoms with Crippen LogP contribution in [0.1, 0.15) is 24.4 Å². The van der Waals surface area contributed by atoms with Crippen molar-refractivity contribution in [3.8, 4) is 5.75 Å². The molecule has 18 heavy (non-hydrogen) atoms. The van der Waals surface area contributed by atoms with Gasteiger partial charge in [0.2, 0.25) is 5.13 Å². The van der Waals surface area contributed by atoms with E-state index in [1.54, 1.807) is 24.0 Å². The maximum atomic E-state index is 5.19. The summed E-state index contributed by atoms with van der Waals surface area (Å²) in [5.74, 6) is 1.60. The van der Waals surface area contributed by atoms with Crippen LogP contribution in [0.15, 0.2) is 29.8 Å². The standard InChI is InChI=1S/C13H15N3OS/c1-17-11-6-4-10(5-7-11)12(9-2-3-9)15-13-16-14-8-18-13/h4-9,12H,2-3H2,1H3,(H,15,16). The largest absolute Gasteiger partial charge is 0.497 e. The summed E-state index contributed by atoms with van der Waals surface area (Å²) < 4.78 is 5.19. The highest BCUT2D eigenvalue weighted by molar-refractivity contribution is 7.13. The maximum absolute atomic E-state index is 5.19. The molecule has 1 aliphatic carbocycles. The number of aromatic nitrogens is 2. The quantitative estimate of drug-likeness (QED) is 0.898. The van der Waals surface area contributed by atoms with Crippen LogP contribution in [0.2, 0.25) is 0 Å². The van der Waals surface area contributed by atoms with Crippen molar-refractivity contribution in [2.24, 2.45) is 5.92 Å². The van der Waals surface area contributed by atoms with E-state index < -0.39 is 0 Å². The fraction of sp³-hybridized carbons (Fsp3) is 0.385. The zero-order valence-electron chi connectivity index (χ0n) is 10.2. The Labute approximate surface area is 110 Å². The maximum Gasteiger partial charge on any atom is 0.205 e. The van der Waals surface area contributed by atoms with Crippen molar-refractivity contribution in [3.05, 3.63) is 35.3 Å². The molecule has 1 aliphatic rings. The number of anilines is 1. The van der Waals surface area contributed by atoms with Gasteiger partial charge in [-0.2, -0.15) is 0 Å². The molecule has 0 spiro atoms. The van der Waals surface area contributed by atoms with Crippen LogP contribution in [-0.2, 0) is 0 Å². The number of nitrogens with zero attached hydrogens (tertiary/aromatic N) is 2. The summed E-state index contributed by atoms with van der Waals surface area (Å²) in [5, 5.41) is 12.3. The van der Waals surface area contributed by atoms with Gasteiger partial charge in [0.1, 0.15) is 11.3 Å². The molecular formula is C13H15N3OS. The van der Waals surface area contributed by atoms with E-state index in [9.17, 15) is 0 Å². The molecule has 1 N–H and O–H groups in total. The molecule has 1 unspecified atom stereocenters. The molecule has 1 atom stereocenters. The first kappa shape index (κ1) is 11.5. The lowest BCUT2D eigenvalue weighted by atomic mass is 10.0. The van der Waals surface area contributed by atoms with Crippen molar-refractivity contribution in [3.63, 3.8) is 0 Å². The highest BCUT2D eigenvalue weighted by atomic mass is 32.1. The van der Waals surface area contributed by atoms with E-state index >= 15 is 0 Å². The van der Waals surface area contributed by atoms with Crippen LogP contribution < -0.4 is 10.1 Å². The summed E-state index contributed by atoms with van der Waals surface area (Å²) in [7, 11) is 1.69. The van der Waals surface area contributed by atoms with Gasteiger partial charge in [0, 0.05) is 0 Å². The van der Waals surface area contributed by atoms with Gasteiger partial charge < -0.3 is 10.1 Å². The van der Waals surface area contributed by atoms with Crippen LogP contribution >= 0.6 is 11.3 Å². The summed E-state index contributed by atoms with van der Waals surface area (Å²) in [6, 6.07) is 8.59. The molecule has 5 heteroatoms. The normalized spacial score (nSPS) is 16.3. The molecule has 0 saturated heterocycles. The van der Waals surface area contributed by atoms with E-state index in [0.29, 0.717) is 12.0 Å². The van der Waals surface area contributed by atoms with Gasteiger partial charge >= 0.3 is 0 Å². The van der Waals surface area contributed by atoms with Crippen molar-refractivity contribution in [1.29, 1.82) is 0 Å². The fourth-order valence-electron chi connectivity index (χ4n) is 2.08. The lowest BCUT2D eigenvalue weighted by molar-refractivity contribution is 0.414. The number of hydrogen-bond donors (Lipinski definition) is 1. The molecule has 94 valence electrons. The van der Waals surface area contributed by atoms with Crippen molar-refractivity contribution in [1.82, 2.24) is 10.2 Å². The molecule has 1 aromatic carbocycles. The molecule has 4 nitrogen and oxygen atoms in total. The van der Waals surface area contributed by atoms with Crippen molar-refractivity contribution < 1.29 is 4.74 Å². The minimum atomic E-state index is 0.337. The van der Waals surface area contributed by atoms with E-state index in [1.807, 2.05) is 12.1 Å². The Morgan fingerprint density at radius 1 is 1.33 bits per heavy atom. The van der Waals surface area contributed by atoms with Gasteiger partial charge in [-0.15, -0.1) is 10.2 Å². The van der Waals surface area contributed by atoms with Gasteiger partial charge in [-0.05, 0) is 36.5 Å². The summed E-state index contributed by atoms with van der Waals surface area (Å²) in [6.07, 6.45) is 2.56. The Morgan fingerprint density at radius 3 is 2.67 bits per heavy atom. The number of methoxy groups -OCH3 is 1. The van der Waals surface area contributed by atoms with Gasteiger partial charge in [0.05, 0.1) is 13.2 Å². The average Bonchev–Trinajstić information content (AvgIpc) is 3.13. The average molecular weight is 261 g/mol. The fourth-order valence-corrected chi connectivity index (χ4v) is 2.57. The van der Waals surface area contributed by atoms with Crippen LogP contribution in [0.4, 0.5) is 5.13 Å². The Morgan fingerprint density at radius 2 is 2.11 bits per heavy atom. The van der Waals surface area contributed by atoms with Gasteiger partial charge in [-0.1, -0.05) is 23.5 Å². The minimum Gasteiger partial charge on any atom is -0.497 e.